The molecule has 2 rings (SSSR count). The lowest BCUT2D eigenvalue weighted by molar-refractivity contribution is 0.327. The van der Waals surface area contributed by atoms with Crippen LogP contribution in [0.25, 0.3) is 0 Å². The van der Waals surface area contributed by atoms with E-state index in [2.05, 4.69) is 9.71 Å². The standard InChI is InChI=1S/C14H17N3O3S/c1-2-20-14-7-6-12(10-16-14)17-21(18,19)13-5-3-4-11(8-13)9-15/h3-8,10,17H,2,9,15H2,1H3. The summed E-state index contributed by atoms with van der Waals surface area (Å²) in [7, 11) is -3.66. The van der Waals surface area contributed by atoms with Gasteiger partial charge in [-0.3, -0.25) is 4.72 Å². The van der Waals surface area contributed by atoms with Crippen LogP contribution >= 0.6 is 0 Å². The number of nitrogens with two attached hydrogens (primary N) is 1. The number of hydrogen-bond acceptors (Lipinski definition) is 5. The third-order valence-electron chi connectivity index (χ3n) is 2.73. The van der Waals surface area contributed by atoms with Crippen molar-refractivity contribution in [3.8, 4) is 5.88 Å². The van der Waals surface area contributed by atoms with Gasteiger partial charge in [0, 0.05) is 12.6 Å². The van der Waals surface area contributed by atoms with Crippen LogP contribution in [0.2, 0.25) is 0 Å². The quantitative estimate of drug-likeness (QED) is 0.847. The topological polar surface area (TPSA) is 94.3 Å². The maximum absolute atomic E-state index is 12.3. The van der Waals surface area contributed by atoms with E-state index in [1.807, 2.05) is 6.92 Å². The second-order valence-electron chi connectivity index (χ2n) is 4.28. The van der Waals surface area contributed by atoms with E-state index in [1.165, 1.54) is 12.3 Å². The number of ether oxygens (including phenoxy) is 1. The van der Waals surface area contributed by atoms with E-state index in [9.17, 15) is 8.42 Å². The van der Waals surface area contributed by atoms with Gasteiger partial charge >= 0.3 is 0 Å². The first-order valence-corrected chi connectivity index (χ1v) is 7.94. The molecule has 0 fully saturated rings. The number of sulfonamides is 1. The first-order valence-electron chi connectivity index (χ1n) is 6.46. The van der Waals surface area contributed by atoms with E-state index in [1.54, 1.807) is 30.3 Å². The Morgan fingerprint density at radius 1 is 1.29 bits per heavy atom. The van der Waals surface area contributed by atoms with Crippen LogP contribution in [-0.4, -0.2) is 20.0 Å². The summed E-state index contributed by atoms with van der Waals surface area (Å²) < 4.78 is 32.2. The number of rotatable bonds is 6. The zero-order valence-electron chi connectivity index (χ0n) is 11.6. The van der Waals surface area contributed by atoms with Crippen molar-refractivity contribution in [2.45, 2.75) is 18.4 Å². The van der Waals surface area contributed by atoms with Gasteiger partial charge in [0.2, 0.25) is 5.88 Å². The van der Waals surface area contributed by atoms with Crippen LogP contribution < -0.4 is 15.2 Å². The number of aromatic nitrogens is 1. The third kappa shape index (κ3) is 3.93. The highest BCUT2D eigenvalue weighted by Gasteiger charge is 2.14. The van der Waals surface area contributed by atoms with Crippen LogP contribution in [0.5, 0.6) is 5.88 Å². The lowest BCUT2D eigenvalue weighted by Crippen LogP contribution is -2.13. The molecule has 0 spiro atoms. The molecule has 0 bridgehead atoms. The van der Waals surface area contributed by atoms with Gasteiger partial charge in [0.1, 0.15) is 0 Å². The minimum absolute atomic E-state index is 0.166. The summed E-state index contributed by atoms with van der Waals surface area (Å²) in [4.78, 5) is 4.18. The lowest BCUT2D eigenvalue weighted by atomic mass is 10.2. The Morgan fingerprint density at radius 3 is 2.71 bits per heavy atom. The predicted octanol–water partition coefficient (Wildman–Crippen LogP) is 1.74. The van der Waals surface area contributed by atoms with Crippen LogP contribution in [-0.2, 0) is 16.6 Å². The molecule has 0 aliphatic heterocycles. The van der Waals surface area contributed by atoms with Crippen molar-refractivity contribution >= 4 is 15.7 Å². The molecule has 0 aliphatic rings. The molecule has 7 heteroatoms. The lowest BCUT2D eigenvalue weighted by Gasteiger charge is -2.09. The SMILES string of the molecule is CCOc1ccc(NS(=O)(=O)c2cccc(CN)c2)cn1. The van der Waals surface area contributed by atoms with Crippen molar-refractivity contribution in [2.75, 3.05) is 11.3 Å². The fourth-order valence-electron chi connectivity index (χ4n) is 1.73. The summed E-state index contributed by atoms with van der Waals surface area (Å²) in [5.41, 5.74) is 6.64. The summed E-state index contributed by atoms with van der Waals surface area (Å²) in [6.07, 6.45) is 1.41. The molecule has 0 amide bonds. The van der Waals surface area contributed by atoms with E-state index >= 15 is 0 Å². The minimum Gasteiger partial charge on any atom is -0.478 e. The molecular formula is C14H17N3O3S. The highest BCUT2D eigenvalue weighted by molar-refractivity contribution is 7.92. The summed E-state index contributed by atoms with van der Waals surface area (Å²) in [5.74, 6) is 0.450. The molecule has 0 unspecified atom stereocenters. The van der Waals surface area contributed by atoms with Crippen molar-refractivity contribution in [1.82, 2.24) is 4.98 Å². The summed E-state index contributed by atoms with van der Waals surface area (Å²) in [6.45, 7) is 2.64. The van der Waals surface area contributed by atoms with Gasteiger partial charge in [-0.1, -0.05) is 12.1 Å². The molecule has 21 heavy (non-hydrogen) atoms. The number of nitrogens with zero attached hydrogens (tertiary/aromatic N) is 1. The largest absolute Gasteiger partial charge is 0.478 e. The summed E-state index contributed by atoms with van der Waals surface area (Å²) in [6, 6.07) is 9.71. The fraction of sp³-hybridized carbons (Fsp3) is 0.214. The van der Waals surface area contributed by atoms with Crippen LogP contribution in [0.3, 0.4) is 0 Å². The predicted molar refractivity (Wildman–Crippen MR) is 80.5 cm³/mol. The molecule has 0 radical (unpaired) electrons. The van der Waals surface area contributed by atoms with Crippen molar-refractivity contribution < 1.29 is 13.2 Å². The van der Waals surface area contributed by atoms with Gasteiger partial charge in [-0.05, 0) is 30.7 Å². The Kier molecular flexibility index (Phi) is 4.77. The summed E-state index contributed by atoms with van der Waals surface area (Å²) in [5, 5.41) is 0. The van der Waals surface area contributed by atoms with Gasteiger partial charge in [-0.2, -0.15) is 0 Å². The van der Waals surface area contributed by atoms with Gasteiger partial charge < -0.3 is 10.5 Å². The Bertz CT molecular complexity index is 700. The Morgan fingerprint density at radius 2 is 2.10 bits per heavy atom. The van der Waals surface area contributed by atoms with Crippen LogP contribution in [0.1, 0.15) is 12.5 Å². The monoisotopic (exact) mass is 307 g/mol. The number of benzene rings is 1. The van der Waals surface area contributed by atoms with Crippen molar-refractivity contribution in [3.63, 3.8) is 0 Å². The van der Waals surface area contributed by atoms with Crippen LogP contribution in [0.4, 0.5) is 5.69 Å². The van der Waals surface area contributed by atoms with Crippen molar-refractivity contribution in [1.29, 1.82) is 0 Å². The zero-order chi connectivity index (χ0) is 15.3. The first-order chi connectivity index (χ1) is 10.0. The Labute approximate surface area is 124 Å². The molecule has 2 aromatic rings. The molecule has 112 valence electrons. The Balaban J connectivity index is 2.20. The average molecular weight is 307 g/mol. The zero-order valence-corrected chi connectivity index (χ0v) is 12.4. The van der Waals surface area contributed by atoms with Crippen molar-refractivity contribution in [3.05, 3.63) is 48.2 Å². The summed E-state index contributed by atoms with van der Waals surface area (Å²) >= 11 is 0. The molecular weight excluding hydrogens is 290 g/mol. The normalized spacial score (nSPS) is 11.1. The number of pyridine rings is 1. The van der Waals surface area contributed by atoms with Gasteiger partial charge in [0.05, 0.1) is 23.4 Å². The van der Waals surface area contributed by atoms with E-state index in [0.29, 0.717) is 18.2 Å². The van der Waals surface area contributed by atoms with E-state index < -0.39 is 10.0 Å². The molecule has 0 aliphatic carbocycles. The molecule has 0 atom stereocenters. The number of nitrogens with one attached hydrogen (secondary N) is 1. The third-order valence-corrected chi connectivity index (χ3v) is 4.10. The van der Waals surface area contributed by atoms with Gasteiger partial charge in [0.25, 0.3) is 10.0 Å². The second-order valence-corrected chi connectivity index (χ2v) is 5.96. The molecule has 1 aromatic carbocycles. The molecule has 1 heterocycles. The molecule has 0 saturated heterocycles. The fourth-order valence-corrected chi connectivity index (χ4v) is 2.84. The maximum atomic E-state index is 12.3. The molecule has 1 aromatic heterocycles. The number of anilines is 1. The minimum atomic E-state index is -3.66. The van der Waals surface area contributed by atoms with Gasteiger partial charge in [-0.15, -0.1) is 0 Å². The Hall–Kier alpha value is -2.12. The first kappa shape index (κ1) is 15.3. The molecule has 3 N–H and O–H groups in total. The van der Waals surface area contributed by atoms with Gasteiger partial charge in [0.15, 0.2) is 0 Å². The van der Waals surface area contributed by atoms with E-state index in [0.717, 1.165) is 5.56 Å². The van der Waals surface area contributed by atoms with Crippen LogP contribution in [0, 0.1) is 0 Å². The smallest absolute Gasteiger partial charge is 0.261 e. The van der Waals surface area contributed by atoms with Crippen molar-refractivity contribution in [2.24, 2.45) is 5.73 Å². The maximum Gasteiger partial charge on any atom is 0.261 e. The van der Waals surface area contributed by atoms with E-state index in [-0.39, 0.29) is 11.4 Å². The molecule has 6 nitrogen and oxygen atoms in total. The van der Waals surface area contributed by atoms with E-state index in [4.69, 9.17) is 10.5 Å². The highest BCUT2D eigenvalue weighted by atomic mass is 32.2. The molecule has 0 saturated carbocycles. The number of hydrogen-bond donors (Lipinski definition) is 2. The second kappa shape index (κ2) is 6.55. The van der Waals surface area contributed by atoms with Crippen LogP contribution in [0.15, 0.2) is 47.5 Å². The van der Waals surface area contributed by atoms with Gasteiger partial charge in [-0.25, -0.2) is 13.4 Å². The average Bonchev–Trinajstić information content (AvgIpc) is 2.49. The highest BCUT2D eigenvalue weighted by Crippen LogP contribution is 2.18.